The van der Waals surface area contributed by atoms with Crippen molar-refractivity contribution in [2.75, 3.05) is 29.9 Å². The number of carbonyl (C=O) groups is 1. The summed E-state index contributed by atoms with van der Waals surface area (Å²) in [5, 5.41) is 7.48. The van der Waals surface area contributed by atoms with E-state index in [9.17, 15) is 4.79 Å². The molecule has 1 N–H and O–H groups in total. The number of aryl methyl sites for hydroxylation is 1. The number of hydrogen-bond donors (Lipinski definition) is 1. The van der Waals surface area contributed by atoms with E-state index in [4.69, 9.17) is 0 Å². The van der Waals surface area contributed by atoms with Gasteiger partial charge in [-0.2, -0.15) is 0 Å². The molecule has 0 saturated carbocycles. The first-order valence-electron chi connectivity index (χ1n) is 11.0. The van der Waals surface area contributed by atoms with Crippen LogP contribution in [0.5, 0.6) is 0 Å². The molecule has 3 heterocycles. The van der Waals surface area contributed by atoms with Crippen LogP contribution in [0.4, 0.5) is 16.3 Å². The maximum absolute atomic E-state index is 13.4. The predicted molar refractivity (Wildman–Crippen MR) is 133 cm³/mol. The third-order valence-electron chi connectivity index (χ3n) is 6.29. The SMILES string of the molecule is Cc1csc2c(N3CCN(C(=O)Nc4cccc5ccccc45)C(C(C)C)C3)ncnc12. The molecule has 1 aliphatic heterocycles. The summed E-state index contributed by atoms with van der Waals surface area (Å²) in [4.78, 5) is 26.7. The molecule has 5 rings (SSSR count). The Morgan fingerprint density at radius 1 is 1.12 bits per heavy atom. The molecule has 2 amide bonds. The quantitative estimate of drug-likeness (QED) is 0.450. The van der Waals surface area contributed by atoms with Gasteiger partial charge in [-0.25, -0.2) is 14.8 Å². The Morgan fingerprint density at radius 2 is 1.94 bits per heavy atom. The second-order valence-electron chi connectivity index (χ2n) is 8.70. The van der Waals surface area contributed by atoms with Crippen molar-refractivity contribution in [2.24, 2.45) is 5.92 Å². The third-order valence-corrected chi connectivity index (χ3v) is 7.37. The highest BCUT2D eigenvalue weighted by Gasteiger charge is 2.34. The van der Waals surface area contributed by atoms with Crippen molar-refractivity contribution in [1.82, 2.24) is 14.9 Å². The number of anilines is 2. The number of amides is 2. The zero-order valence-electron chi connectivity index (χ0n) is 18.6. The van der Waals surface area contributed by atoms with Gasteiger partial charge in [0, 0.05) is 25.0 Å². The zero-order valence-corrected chi connectivity index (χ0v) is 19.4. The van der Waals surface area contributed by atoms with Gasteiger partial charge in [0.15, 0.2) is 0 Å². The van der Waals surface area contributed by atoms with Gasteiger partial charge >= 0.3 is 6.03 Å². The van der Waals surface area contributed by atoms with Gasteiger partial charge in [0.25, 0.3) is 0 Å². The lowest BCUT2D eigenvalue weighted by atomic mass is 9.99. The number of hydrogen-bond acceptors (Lipinski definition) is 5. The number of nitrogens with zero attached hydrogens (tertiary/aromatic N) is 4. The fourth-order valence-corrected chi connectivity index (χ4v) is 5.55. The largest absolute Gasteiger partial charge is 0.351 e. The number of carbonyl (C=O) groups excluding carboxylic acids is 1. The van der Waals surface area contributed by atoms with Crippen molar-refractivity contribution in [1.29, 1.82) is 0 Å². The molecule has 7 heteroatoms. The standard InChI is InChI=1S/C25H27N5OS/c1-16(2)21-13-29(24-23-22(26-15-27-24)17(3)14-32-23)11-12-30(21)25(31)28-20-10-6-8-18-7-4-5-9-19(18)20/h4-10,14-16,21H,11-13H2,1-3H3,(H,28,31). The number of aromatic nitrogens is 2. The monoisotopic (exact) mass is 445 g/mol. The van der Waals surface area contributed by atoms with Crippen molar-refractivity contribution in [3.8, 4) is 0 Å². The van der Waals surface area contributed by atoms with Gasteiger partial charge in [-0.1, -0.05) is 50.2 Å². The van der Waals surface area contributed by atoms with Crippen LogP contribution < -0.4 is 10.2 Å². The van der Waals surface area contributed by atoms with Crippen LogP contribution in [0.2, 0.25) is 0 Å². The van der Waals surface area contributed by atoms with E-state index in [1.807, 2.05) is 35.2 Å². The minimum atomic E-state index is -0.0421. The third kappa shape index (κ3) is 3.66. The second kappa shape index (κ2) is 8.39. The fourth-order valence-electron chi connectivity index (χ4n) is 4.53. The molecule has 1 atom stereocenters. The summed E-state index contributed by atoms with van der Waals surface area (Å²) in [6.45, 7) is 8.59. The predicted octanol–water partition coefficient (Wildman–Crippen LogP) is 5.53. The normalized spacial score (nSPS) is 16.8. The first kappa shape index (κ1) is 20.7. The molecule has 0 spiro atoms. The van der Waals surface area contributed by atoms with Gasteiger partial charge in [0.1, 0.15) is 12.1 Å². The molecular weight excluding hydrogens is 418 g/mol. The number of nitrogens with one attached hydrogen (secondary N) is 1. The Kier molecular flexibility index (Phi) is 5.43. The van der Waals surface area contributed by atoms with Crippen LogP contribution in [-0.4, -0.2) is 46.6 Å². The van der Waals surface area contributed by atoms with Crippen molar-refractivity contribution in [3.05, 3.63) is 59.7 Å². The summed E-state index contributed by atoms with van der Waals surface area (Å²) >= 11 is 1.69. The van der Waals surface area contributed by atoms with E-state index >= 15 is 0 Å². The average molecular weight is 446 g/mol. The number of urea groups is 1. The summed E-state index contributed by atoms with van der Waals surface area (Å²) in [6, 6.07) is 14.2. The van der Waals surface area contributed by atoms with Gasteiger partial charge in [0.05, 0.1) is 21.9 Å². The van der Waals surface area contributed by atoms with E-state index in [2.05, 4.69) is 58.5 Å². The Hall–Kier alpha value is -3.19. The van der Waals surface area contributed by atoms with Crippen LogP contribution in [0, 0.1) is 12.8 Å². The van der Waals surface area contributed by atoms with Crippen LogP contribution in [-0.2, 0) is 0 Å². The first-order chi connectivity index (χ1) is 15.5. The molecule has 164 valence electrons. The highest BCUT2D eigenvalue weighted by molar-refractivity contribution is 7.18. The Labute approximate surface area is 191 Å². The second-order valence-corrected chi connectivity index (χ2v) is 9.58. The number of fused-ring (bicyclic) bond motifs is 2. The molecule has 2 aromatic carbocycles. The van der Waals surface area contributed by atoms with Crippen molar-refractivity contribution >= 4 is 49.9 Å². The number of piperazine rings is 1. The van der Waals surface area contributed by atoms with Crippen LogP contribution >= 0.6 is 11.3 Å². The highest BCUT2D eigenvalue weighted by atomic mass is 32.1. The molecule has 4 aromatic rings. The Balaban J connectivity index is 1.39. The molecule has 1 aliphatic rings. The van der Waals surface area contributed by atoms with E-state index in [-0.39, 0.29) is 12.1 Å². The lowest BCUT2D eigenvalue weighted by Gasteiger charge is -2.43. The summed E-state index contributed by atoms with van der Waals surface area (Å²) < 4.78 is 1.13. The smallest absolute Gasteiger partial charge is 0.322 e. The molecule has 1 unspecified atom stereocenters. The highest BCUT2D eigenvalue weighted by Crippen LogP contribution is 2.33. The van der Waals surface area contributed by atoms with Crippen molar-refractivity contribution in [3.63, 3.8) is 0 Å². The average Bonchev–Trinajstić information content (AvgIpc) is 3.20. The molecule has 1 fully saturated rings. The number of rotatable bonds is 3. The minimum Gasteiger partial charge on any atom is -0.351 e. The number of benzene rings is 2. The van der Waals surface area contributed by atoms with E-state index in [0.717, 1.165) is 45.6 Å². The summed E-state index contributed by atoms with van der Waals surface area (Å²) in [5.74, 6) is 1.30. The van der Waals surface area contributed by atoms with Gasteiger partial charge in [-0.3, -0.25) is 0 Å². The molecule has 0 bridgehead atoms. The first-order valence-corrected chi connectivity index (χ1v) is 11.9. The Bertz CT molecular complexity index is 1280. The summed E-state index contributed by atoms with van der Waals surface area (Å²) in [7, 11) is 0. The molecule has 1 saturated heterocycles. The van der Waals surface area contributed by atoms with Crippen LogP contribution in [0.3, 0.4) is 0 Å². The van der Waals surface area contributed by atoms with Crippen LogP contribution in [0.25, 0.3) is 21.0 Å². The molecular formula is C25H27N5OS. The molecule has 0 aliphatic carbocycles. The lowest BCUT2D eigenvalue weighted by molar-refractivity contribution is 0.156. The van der Waals surface area contributed by atoms with Gasteiger partial charge in [-0.05, 0) is 35.2 Å². The maximum Gasteiger partial charge on any atom is 0.322 e. The Morgan fingerprint density at radius 3 is 2.78 bits per heavy atom. The van der Waals surface area contributed by atoms with Gasteiger partial charge in [0.2, 0.25) is 0 Å². The summed E-state index contributed by atoms with van der Waals surface area (Å²) in [5.41, 5.74) is 3.06. The van der Waals surface area contributed by atoms with Crippen LogP contribution in [0.15, 0.2) is 54.2 Å². The zero-order chi connectivity index (χ0) is 22.2. The van der Waals surface area contributed by atoms with E-state index < -0.39 is 0 Å². The lowest BCUT2D eigenvalue weighted by Crippen LogP contribution is -2.58. The molecule has 32 heavy (non-hydrogen) atoms. The minimum absolute atomic E-state index is 0.0421. The van der Waals surface area contributed by atoms with E-state index in [0.29, 0.717) is 12.5 Å². The maximum atomic E-state index is 13.4. The van der Waals surface area contributed by atoms with Crippen LogP contribution in [0.1, 0.15) is 19.4 Å². The number of thiophene rings is 1. The van der Waals surface area contributed by atoms with Gasteiger partial charge < -0.3 is 15.1 Å². The summed E-state index contributed by atoms with van der Waals surface area (Å²) in [6.07, 6.45) is 1.65. The molecule has 6 nitrogen and oxygen atoms in total. The van der Waals surface area contributed by atoms with E-state index in [1.54, 1.807) is 17.7 Å². The van der Waals surface area contributed by atoms with Gasteiger partial charge in [-0.15, -0.1) is 11.3 Å². The fraction of sp³-hybridized carbons (Fsp3) is 0.320. The van der Waals surface area contributed by atoms with Crippen molar-refractivity contribution < 1.29 is 4.79 Å². The topological polar surface area (TPSA) is 61.4 Å². The molecule has 2 aromatic heterocycles. The molecule has 0 radical (unpaired) electrons. The van der Waals surface area contributed by atoms with Crippen molar-refractivity contribution in [2.45, 2.75) is 26.8 Å². The van der Waals surface area contributed by atoms with E-state index in [1.165, 1.54) is 5.56 Å².